The Morgan fingerprint density at radius 2 is 2.00 bits per heavy atom. The van der Waals surface area contributed by atoms with E-state index in [1.54, 1.807) is 6.08 Å². The first-order chi connectivity index (χ1) is 8.62. The minimum Gasteiger partial charge on any atom is -0.379 e. The van der Waals surface area contributed by atoms with Gasteiger partial charge in [-0.2, -0.15) is 0 Å². The Bertz CT molecular complexity index is 282. The maximum atomic E-state index is 12.2. The molecule has 3 nitrogen and oxygen atoms in total. The molecule has 0 amide bonds. The van der Waals surface area contributed by atoms with Gasteiger partial charge in [0.25, 0.3) is 0 Å². The van der Waals surface area contributed by atoms with Gasteiger partial charge in [-0.05, 0) is 18.9 Å². The highest BCUT2D eigenvalue weighted by atomic mass is 16.5. The van der Waals surface area contributed by atoms with Crippen LogP contribution in [0.5, 0.6) is 0 Å². The summed E-state index contributed by atoms with van der Waals surface area (Å²) in [5, 5.41) is 0. The monoisotopic (exact) mass is 253 g/mol. The molecule has 1 aliphatic heterocycles. The van der Waals surface area contributed by atoms with Crippen LogP contribution in [0.15, 0.2) is 12.2 Å². The van der Waals surface area contributed by atoms with Crippen molar-refractivity contribution in [1.82, 2.24) is 4.90 Å². The van der Waals surface area contributed by atoms with Crippen LogP contribution < -0.4 is 0 Å². The standard InChI is InChI=1S/C15H27NO2/c1-4-8-15(3,5-2)14(17)7-6-9-16-10-12-18-13-11-16/h6-7H,4-5,8-13H2,1-3H3/b7-6+. The fourth-order valence-corrected chi connectivity index (χ4v) is 2.32. The molecule has 0 aromatic carbocycles. The van der Waals surface area contributed by atoms with Crippen LogP contribution in [0.25, 0.3) is 0 Å². The van der Waals surface area contributed by atoms with Gasteiger partial charge in [-0.25, -0.2) is 0 Å². The van der Waals surface area contributed by atoms with E-state index in [2.05, 4.69) is 25.7 Å². The number of carbonyl (C=O) groups excluding carboxylic acids is 1. The van der Waals surface area contributed by atoms with Crippen LogP contribution in [0, 0.1) is 5.41 Å². The highest BCUT2D eigenvalue weighted by Gasteiger charge is 2.27. The van der Waals surface area contributed by atoms with Crippen molar-refractivity contribution in [2.24, 2.45) is 5.41 Å². The van der Waals surface area contributed by atoms with E-state index in [-0.39, 0.29) is 11.2 Å². The largest absolute Gasteiger partial charge is 0.379 e. The molecule has 1 fully saturated rings. The molecule has 1 unspecified atom stereocenters. The quantitative estimate of drug-likeness (QED) is 0.653. The lowest BCUT2D eigenvalue weighted by molar-refractivity contribution is -0.123. The normalized spacial score (nSPS) is 21.1. The van der Waals surface area contributed by atoms with Crippen LogP contribution in [0.3, 0.4) is 0 Å². The molecule has 0 spiro atoms. The van der Waals surface area contributed by atoms with Crippen LogP contribution in [0.4, 0.5) is 0 Å². The summed E-state index contributed by atoms with van der Waals surface area (Å²) in [5.74, 6) is 0.278. The fourth-order valence-electron chi connectivity index (χ4n) is 2.32. The predicted molar refractivity (Wildman–Crippen MR) is 74.7 cm³/mol. The summed E-state index contributed by atoms with van der Waals surface area (Å²) in [6.45, 7) is 10.7. The molecule has 0 radical (unpaired) electrons. The smallest absolute Gasteiger partial charge is 0.161 e. The summed E-state index contributed by atoms with van der Waals surface area (Å²) in [4.78, 5) is 14.5. The zero-order valence-electron chi connectivity index (χ0n) is 12.1. The minimum atomic E-state index is -0.170. The molecule has 1 atom stereocenters. The molecule has 0 N–H and O–H groups in total. The third kappa shape index (κ3) is 4.54. The molecule has 0 saturated carbocycles. The van der Waals surface area contributed by atoms with Crippen LogP contribution >= 0.6 is 0 Å². The maximum Gasteiger partial charge on any atom is 0.161 e. The number of morpholine rings is 1. The van der Waals surface area contributed by atoms with Crippen molar-refractivity contribution in [1.29, 1.82) is 0 Å². The molecular weight excluding hydrogens is 226 g/mol. The van der Waals surface area contributed by atoms with Gasteiger partial charge in [-0.3, -0.25) is 9.69 Å². The Hall–Kier alpha value is -0.670. The topological polar surface area (TPSA) is 29.5 Å². The molecule has 1 saturated heterocycles. The molecule has 18 heavy (non-hydrogen) atoms. The summed E-state index contributed by atoms with van der Waals surface area (Å²) in [6.07, 6.45) is 6.75. The first-order valence-electron chi connectivity index (χ1n) is 7.13. The Morgan fingerprint density at radius 1 is 1.33 bits per heavy atom. The summed E-state index contributed by atoms with van der Waals surface area (Å²) in [7, 11) is 0. The SMILES string of the molecule is CCCC(C)(CC)C(=O)/C=C/CN1CCOCC1. The van der Waals surface area contributed by atoms with Crippen molar-refractivity contribution in [2.75, 3.05) is 32.8 Å². The van der Waals surface area contributed by atoms with Crippen molar-refractivity contribution in [3.8, 4) is 0 Å². The first-order valence-corrected chi connectivity index (χ1v) is 7.13. The summed E-state index contributed by atoms with van der Waals surface area (Å²) in [6, 6.07) is 0. The van der Waals surface area contributed by atoms with Crippen molar-refractivity contribution in [3.05, 3.63) is 12.2 Å². The number of ether oxygens (including phenoxy) is 1. The second-order valence-electron chi connectivity index (χ2n) is 5.34. The van der Waals surface area contributed by atoms with Gasteiger partial charge in [0.2, 0.25) is 0 Å². The minimum absolute atomic E-state index is 0.170. The second-order valence-corrected chi connectivity index (χ2v) is 5.34. The van der Waals surface area contributed by atoms with E-state index in [1.807, 2.05) is 6.08 Å². The predicted octanol–water partition coefficient (Wildman–Crippen LogP) is 2.66. The summed E-state index contributed by atoms with van der Waals surface area (Å²) >= 11 is 0. The van der Waals surface area contributed by atoms with E-state index >= 15 is 0 Å². The van der Waals surface area contributed by atoms with Gasteiger partial charge >= 0.3 is 0 Å². The van der Waals surface area contributed by atoms with Crippen molar-refractivity contribution < 1.29 is 9.53 Å². The zero-order valence-corrected chi connectivity index (χ0v) is 12.1. The van der Waals surface area contributed by atoms with Gasteiger partial charge in [-0.15, -0.1) is 0 Å². The van der Waals surface area contributed by atoms with Gasteiger partial charge in [0.15, 0.2) is 5.78 Å². The number of hydrogen-bond acceptors (Lipinski definition) is 3. The number of hydrogen-bond donors (Lipinski definition) is 0. The molecule has 3 heteroatoms. The van der Waals surface area contributed by atoms with Crippen molar-refractivity contribution in [3.63, 3.8) is 0 Å². The van der Waals surface area contributed by atoms with E-state index in [0.29, 0.717) is 0 Å². The molecular formula is C15H27NO2. The number of nitrogens with zero attached hydrogens (tertiary/aromatic N) is 1. The van der Waals surface area contributed by atoms with Crippen LogP contribution in [0.2, 0.25) is 0 Å². The Kier molecular flexibility index (Phi) is 6.58. The van der Waals surface area contributed by atoms with Crippen LogP contribution in [-0.4, -0.2) is 43.5 Å². The lowest BCUT2D eigenvalue weighted by Crippen LogP contribution is -2.36. The number of allylic oxidation sites excluding steroid dienone is 1. The van der Waals surface area contributed by atoms with E-state index in [1.165, 1.54) is 0 Å². The Morgan fingerprint density at radius 3 is 2.56 bits per heavy atom. The van der Waals surface area contributed by atoms with Gasteiger partial charge in [-0.1, -0.05) is 33.3 Å². The van der Waals surface area contributed by atoms with Gasteiger partial charge in [0.05, 0.1) is 13.2 Å². The lowest BCUT2D eigenvalue weighted by atomic mass is 9.79. The molecule has 0 aliphatic carbocycles. The van der Waals surface area contributed by atoms with E-state index in [0.717, 1.165) is 52.1 Å². The average Bonchev–Trinajstić information content (AvgIpc) is 2.40. The van der Waals surface area contributed by atoms with Gasteiger partial charge in [0, 0.05) is 25.0 Å². The highest BCUT2D eigenvalue weighted by Crippen LogP contribution is 2.28. The van der Waals surface area contributed by atoms with Crippen LogP contribution in [0.1, 0.15) is 40.0 Å². The fraction of sp³-hybridized carbons (Fsp3) is 0.800. The molecule has 1 heterocycles. The molecule has 0 aromatic heterocycles. The zero-order chi connectivity index (χ0) is 13.4. The average molecular weight is 253 g/mol. The third-order valence-corrected chi connectivity index (χ3v) is 3.91. The van der Waals surface area contributed by atoms with E-state index in [9.17, 15) is 4.79 Å². The summed E-state index contributed by atoms with van der Waals surface area (Å²) in [5.41, 5.74) is -0.170. The third-order valence-electron chi connectivity index (χ3n) is 3.91. The van der Waals surface area contributed by atoms with E-state index in [4.69, 9.17) is 4.74 Å². The first kappa shape index (κ1) is 15.4. The van der Waals surface area contributed by atoms with Gasteiger partial charge < -0.3 is 4.74 Å². The van der Waals surface area contributed by atoms with Gasteiger partial charge in [0.1, 0.15) is 0 Å². The molecule has 0 bridgehead atoms. The molecule has 0 aromatic rings. The van der Waals surface area contributed by atoms with E-state index < -0.39 is 0 Å². The Balaban J connectivity index is 2.41. The number of rotatable bonds is 7. The van der Waals surface area contributed by atoms with Crippen molar-refractivity contribution >= 4 is 5.78 Å². The van der Waals surface area contributed by atoms with Crippen molar-refractivity contribution in [2.45, 2.75) is 40.0 Å². The second kappa shape index (κ2) is 7.70. The van der Waals surface area contributed by atoms with Crippen LogP contribution in [-0.2, 0) is 9.53 Å². The number of carbonyl (C=O) groups is 1. The summed E-state index contributed by atoms with van der Waals surface area (Å²) < 4.78 is 5.30. The maximum absolute atomic E-state index is 12.2. The number of ketones is 1. The molecule has 1 rings (SSSR count). The molecule has 104 valence electrons. The molecule has 1 aliphatic rings. The Labute approximate surface area is 111 Å². The lowest BCUT2D eigenvalue weighted by Gasteiger charge is -2.26. The highest BCUT2D eigenvalue weighted by molar-refractivity contribution is 5.94.